The molecule has 84 valence electrons. The van der Waals surface area contributed by atoms with E-state index >= 15 is 0 Å². The van der Waals surface area contributed by atoms with E-state index in [-0.39, 0.29) is 0 Å². The maximum Gasteiger partial charge on any atom is 0.0942 e. The van der Waals surface area contributed by atoms with Gasteiger partial charge in [0.15, 0.2) is 0 Å². The summed E-state index contributed by atoms with van der Waals surface area (Å²) in [7, 11) is 5.79. The van der Waals surface area contributed by atoms with Gasteiger partial charge in [-0.3, -0.25) is 0 Å². The van der Waals surface area contributed by atoms with Crippen LogP contribution in [0, 0.1) is 0 Å². The zero-order valence-corrected chi connectivity index (χ0v) is 10.1. The van der Waals surface area contributed by atoms with Crippen molar-refractivity contribution in [1.82, 2.24) is 0 Å². The summed E-state index contributed by atoms with van der Waals surface area (Å²) in [4.78, 5) is 2.17. The second-order valence-electron chi connectivity index (χ2n) is 3.92. The first kappa shape index (κ1) is 11.8. The number of hydrogen-bond acceptors (Lipinski definition) is 1. The Morgan fingerprint density at radius 2 is 1.59 bits per heavy atom. The van der Waals surface area contributed by atoms with E-state index in [0.717, 1.165) is 6.54 Å². The summed E-state index contributed by atoms with van der Waals surface area (Å²) in [5, 5.41) is 0. The van der Waals surface area contributed by atoms with E-state index < -0.39 is 0 Å². The zero-order chi connectivity index (χ0) is 12.1. The van der Waals surface area contributed by atoms with E-state index in [1.165, 1.54) is 16.8 Å². The molecule has 0 bridgehead atoms. The third-order valence-corrected chi connectivity index (χ3v) is 2.93. The summed E-state index contributed by atoms with van der Waals surface area (Å²) in [6.45, 7) is 3.04. The molecule has 2 aromatic rings. The van der Waals surface area contributed by atoms with Gasteiger partial charge in [-0.1, -0.05) is 48.5 Å². The standard InChI is InChI=1S/C15H16BN/c1-2-17(12-16)15-11-7-6-10-14(15)13-8-4-3-5-9-13/h3-11H,2,12H2,1H3. The Bertz CT molecular complexity index is 463. The van der Waals surface area contributed by atoms with Crippen LogP contribution in [0.1, 0.15) is 6.92 Å². The normalized spacial score (nSPS) is 10.2. The second kappa shape index (κ2) is 5.58. The molecule has 0 saturated heterocycles. The molecule has 2 radical (unpaired) electrons. The fraction of sp³-hybridized carbons (Fsp3) is 0.200. The first-order valence-corrected chi connectivity index (χ1v) is 5.96. The maximum absolute atomic E-state index is 5.79. The quantitative estimate of drug-likeness (QED) is 0.716. The second-order valence-corrected chi connectivity index (χ2v) is 3.92. The topological polar surface area (TPSA) is 3.24 Å². The van der Waals surface area contributed by atoms with Crippen molar-refractivity contribution in [3.63, 3.8) is 0 Å². The van der Waals surface area contributed by atoms with Crippen LogP contribution in [0.4, 0.5) is 5.69 Å². The highest BCUT2D eigenvalue weighted by atomic mass is 15.1. The minimum absolute atomic E-state index is 0.542. The van der Waals surface area contributed by atoms with Crippen molar-refractivity contribution >= 4 is 13.5 Å². The van der Waals surface area contributed by atoms with Gasteiger partial charge in [0, 0.05) is 17.8 Å². The van der Waals surface area contributed by atoms with Crippen LogP contribution in [0.5, 0.6) is 0 Å². The number of para-hydroxylation sites is 1. The molecule has 1 nitrogen and oxygen atoms in total. The third-order valence-electron chi connectivity index (χ3n) is 2.93. The summed E-state index contributed by atoms with van der Waals surface area (Å²) < 4.78 is 0. The number of nitrogens with zero attached hydrogens (tertiary/aromatic N) is 1. The molecule has 0 saturated carbocycles. The Morgan fingerprint density at radius 3 is 2.24 bits per heavy atom. The molecule has 0 heterocycles. The lowest BCUT2D eigenvalue weighted by Crippen LogP contribution is -2.24. The molecule has 0 atom stereocenters. The Hall–Kier alpha value is -1.70. The molecule has 0 aliphatic rings. The SMILES string of the molecule is [B]CN(CC)c1ccccc1-c1ccccc1. The van der Waals surface area contributed by atoms with Crippen LogP contribution in [-0.4, -0.2) is 20.8 Å². The van der Waals surface area contributed by atoms with Crippen LogP contribution in [0.2, 0.25) is 0 Å². The van der Waals surface area contributed by atoms with Gasteiger partial charge in [0.2, 0.25) is 0 Å². The lowest BCUT2D eigenvalue weighted by Gasteiger charge is -2.24. The predicted molar refractivity (Wildman–Crippen MR) is 75.5 cm³/mol. The molecular weight excluding hydrogens is 205 g/mol. The van der Waals surface area contributed by atoms with Crippen LogP contribution in [0.3, 0.4) is 0 Å². The summed E-state index contributed by atoms with van der Waals surface area (Å²) in [6, 6.07) is 18.8. The van der Waals surface area contributed by atoms with E-state index in [9.17, 15) is 0 Å². The largest absolute Gasteiger partial charge is 0.380 e. The first-order valence-electron chi connectivity index (χ1n) is 5.96. The molecule has 0 amide bonds. The molecule has 2 rings (SSSR count). The van der Waals surface area contributed by atoms with E-state index in [2.05, 4.69) is 60.4 Å². The predicted octanol–water partition coefficient (Wildman–Crippen LogP) is 3.31. The molecule has 0 aliphatic carbocycles. The number of anilines is 1. The van der Waals surface area contributed by atoms with Gasteiger partial charge >= 0.3 is 0 Å². The van der Waals surface area contributed by atoms with Crippen molar-refractivity contribution in [2.75, 3.05) is 17.9 Å². The van der Waals surface area contributed by atoms with Gasteiger partial charge in [-0.25, -0.2) is 0 Å². The smallest absolute Gasteiger partial charge is 0.0942 e. The lowest BCUT2D eigenvalue weighted by atomic mass is 10.0. The molecule has 2 aromatic carbocycles. The van der Waals surface area contributed by atoms with Gasteiger partial charge in [-0.15, -0.1) is 0 Å². The van der Waals surface area contributed by atoms with Gasteiger partial charge in [0.1, 0.15) is 0 Å². The van der Waals surface area contributed by atoms with Crippen molar-refractivity contribution in [3.05, 3.63) is 54.6 Å². The summed E-state index contributed by atoms with van der Waals surface area (Å²) in [5.41, 5.74) is 3.67. The van der Waals surface area contributed by atoms with Crippen molar-refractivity contribution in [3.8, 4) is 11.1 Å². The average Bonchev–Trinajstić information content (AvgIpc) is 2.42. The summed E-state index contributed by atoms with van der Waals surface area (Å²) in [5.74, 6) is 0. The van der Waals surface area contributed by atoms with Crippen molar-refractivity contribution < 1.29 is 0 Å². The minimum Gasteiger partial charge on any atom is -0.380 e. The first-order chi connectivity index (χ1) is 8.36. The van der Waals surface area contributed by atoms with E-state index in [0.29, 0.717) is 6.44 Å². The maximum atomic E-state index is 5.79. The highest BCUT2D eigenvalue weighted by Crippen LogP contribution is 2.30. The van der Waals surface area contributed by atoms with Crippen LogP contribution < -0.4 is 4.90 Å². The highest BCUT2D eigenvalue weighted by Gasteiger charge is 2.08. The summed E-state index contributed by atoms with van der Waals surface area (Å²) >= 11 is 0. The van der Waals surface area contributed by atoms with Crippen LogP contribution in [0.15, 0.2) is 54.6 Å². The molecule has 0 unspecified atom stereocenters. The van der Waals surface area contributed by atoms with E-state index in [1.54, 1.807) is 0 Å². The van der Waals surface area contributed by atoms with Gasteiger partial charge < -0.3 is 4.90 Å². The highest BCUT2D eigenvalue weighted by molar-refractivity contribution is 6.10. The molecule has 0 aliphatic heterocycles. The van der Waals surface area contributed by atoms with E-state index in [4.69, 9.17) is 7.85 Å². The Balaban J connectivity index is 2.48. The van der Waals surface area contributed by atoms with Crippen molar-refractivity contribution in [2.24, 2.45) is 0 Å². The van der Waals surface area contributed by atoms with Gasteiger partial charge in [0.25, 0.3) is 0 Å². The third kappa shape index (κ3) is 2.52. The molecule has 0 aromatic heterocycles. The number of hydrogen-bond donors (Lipinski definition) is 0. The molecular formula is C15H16BN. The fourth-order valence-electron chi connectivity index (χ4n) is 2.01. The van der Waals surface area contributed by atoms with Crippen LogP contribution >= 0.6 is 0 Å². The molecule has 0 spiro atoms. The molecule has 0 N–H and O–H groups in total. The molecule has 17 heavy (non-hydrogen) atoms. The minimum atomic E-state index is 0.542. The van der Waals surface area contributed by atoms with E-state index in [1.807, 2.05) is 6.07 Å². The Kier molecular flexibility index (Phi) is 3.87. The van der Waals surface area contributed by atoms with Gasteiger partial charge in [-0.05, 0) is 25.0 Å². The molecule has 0 fully saturated rings. The monoisotopic (exact) mass is 221 g/mol. The lowest BCUT2D eigenvalue weighted by molar-refractivity contribution is 0.942. The van der Waals surface area contributed by atoms with Crippen LogP contribution in [0.25, 0.3) is 11.1 Å². The van der Waals surface area contributed by atoms with Gasteiger partial charge in [0.05, 0.1) is 7.85 Å². The Labute approximate surface area is 104 Å². The zero-order valence-electron chi connectivity index (χ0n) is 10.1. The van der Waals surface area contributed by atoms with Crippen LogP contribution in [-0.2, 0) is 0 Å². The fourth-order valence-corrected chi connectivity index (χ4v) is 2.01. The van der Waals surface area contributed by atoms with Gasteiger partial charge in [-0.2, -0.15) is 0 Å². The average molecular weight is 221 g/mol. The number of rotatable bonds is 4. The summed E-state index contributed by atoms with van der Waals surface area (Å²) in [6.07, 6.45) is 0.542. The number of benzene rings is 2. The van der Waals surface area contributed by atoms with Crippen molar-refractivity contribution in [2.45, 2.75) is 6.92 Å². The Morgan fingerprint density at radius 1 is 0.941 bits per heavy atom. The van der Waals surface area contributed by atoms with Crippen molar-refractivity contribution in [1.29, 1.82) is 0 Å². The molecule has 2 heteroatoms.